The Kier molecular flexibility index (Phi) is 5.03. The Morgan fingerprint density at radius 3 is 3.00 bits per heavy atom. The highest BCUT2D eigenvalue weighted by molar-refractivity contribution is 8.00. The van der Waals surface area contributed by atoms with E-state index in [0.29, 0.717) is 17.7 Å². The maximum atomic E-state index is 4.72. The van der Waals surface area contributed by atoms with Gasteiger partial charge in [-0.25, -0.2) is 9.97 Å². The largest absolute Gasteiger partial charge is 0.364 e. The fourth-order valence-corrected chi connectivity index (χ4v) is 4.72. The first-order chi connectivity index (χ1) is 12.3. The molecule has 1 aliphatic rings. The third-order valence-corrected chi connectivity index (χ3v) is 6.32. The highest BCUT2D eigenvalue weighted by Crippen LogP contribution is 2.27. The number of thioether (sulfide) groups is 1. The van der Waals surface area contributed by atoms with Gasteiger partial charge in [-0.3, -0.25) is 0 Å². The smallest absolute Gasteiger partial charge is 0.225 e. The lowest BCUT2D eigenvalue weighted by atomic mass is 10.1. The predicted octanol–water partition coefficient (Wildman–Crippen LogP) is 4.31. The van der Waals surface area contributed by atoms with Crippen molar-refractivity contribution in [3.05, 3.63) is 40.3 Å². The number of hydrogen-bond acceptors (Lipinski definition) is 7. The Labute approximate surface area is 155 Å². The third kappa shape index (κ3) is 4.04. The lowest BCUT2D eigenvalue weighted by Crippen LogP contribution is -2.16. The number of hydrogen-bond donors (Lipinski definition) is 2. The van der Waals surface area contributed by atoms with E-state index in [0.717, 1.165) is 29.0 Å². The van der Waals surface area contributed by atoms with E-state index in [1.54, 1.807) is 11.3 Å². The van der Waals surface area contributed by atoms with Crippen LogP contribution in [0.3, 0.4) is 0 Å². The average molecular weight is 372 g/mol. The molecule has 1 fully saturated rings. The van der Waals surface area contributed by atoms with Crippen LogP contribution in [0.1, 0.15) is 24.1 Å². The summed E-state index contributed by atoms with van der Waals surface area (Å²) < 4.78 is 0. The summed E-state index contributed by atoms with van der Waals surface area (Å²) in [5.41, 5.74) is 5.05. The van der Waals surface area contributed by atoms with Crippen molar-refractivity contribution in [3.63, 3.8) is 0 Å². The molecular weight excluding hydrogens is 350 g/mol. The first-order valence-corrected chi connectivity index (χ1v) is 10.5. The van der Waals surface area contributed by atoms with Gasteiger partial charge < -0.3 is 10.6 Å². The molecule has 5 nitrogen and oxygen atoms in total. The Morgan fingerprint density at radius 2 is 2.20 bits per heavy atom. The number of nitrogens with zero attached hydrogens (tertiary/aromatic N) is 3. The Hall–Kier alpha value is -1.86. The summed E-state index contributed by atoms with van der Waals surface area (Å²) in [6.07, 6.45) is 2.59. The zero-order valence-corrected chi connectivity index (χ0v) is 15.8. The molecule has 0 radical (unpaired) electrons. The van der Waals surface area contributed by atoms with Crippen LogP contribution in [0.5, 0.6) is 0 Å². The van der Waals surface area contributed by atoms with Crippen LogP contribution in [0, 0.1) is 6.92 Å². The van der Waals surface area contributed by atoms with Gasteiger partial charge in [0.15, 0.2) is 0 Å². The Bertz CT molecular complexity index is 844. The summed E-state index contributed by atoms with van der Waals surface area (Å²) in [6.45, 7) is 3.68. The molecule has 1 aromatic carbocycles. The van der Waals surface area contributed by atoms with Crippen LogP contribution in [0.2, 0.25) is 0 Å². The van der Waals surface area contributed by atoms with Crippen LogP contribution in [0.15, 0.2) is 29.1 Å². The van der Waals surface area contributed by atoms with E-state index in [4.69, 9.17) is 9.97 Å². The van der Waals surface area contributed by atoms with Crippen LogP contribution < -0.4 is 10.6 Å². The molecule has 3 aromatic rings. The molecule has 0 bridgehead atoms. The van der Waals surface area contributed by atoms with Gasteiger partial charge in [0.1, 0.15) is 5.82 Å². The van der Waals surface area contributed by atoms with Crippen molar-refractivity contribution in [1.82, 2.24) is 15.0 Å². The number of aromatic nitrogens is 3. The van der Waals surface area contributed by atoms with Crippen molar-refractivity contribution < 1.29 is 0 Å². The molecule has 0 spiro atoms. The Morgan fingerprint density at radius 1 is 1.24 bits per heavy atom. The number of anilines is 2. The second-order valence-corrected chi connectivity index (χ2v) is 8.39. The van der Waals surface area contributed by atoms with Gasteiger partial charge in [0.05, 0.1) is 23.3 Å². The minimum Gasteiger partial charge on any atom is -0.364 e. The van der Waals surface area contributed by atoms with Crippen LogP contribution in [-0.2, 0) is 6.54 Å². The van der Waals surface area contributed by atoms with Crippen molar-refractivity contribution in [2.24, 2.45) is 0 Å². The van der Waals surface area contributed by atoms with Crippen LogP contribution in [0.4, 0.5) is 11.8 Å². The summed E-state index contributed by atoms with van der Waals surface area (Å²) in [5, 5.41) is 10.6. The molecule has 0 saturated carbocycles. The van der Waals surface area contributed by atoms with Crippen molar-refractivity contribution in [2.45, 2.75) is 31.6 Å². The summed E-state index contributed by atoms with van der Waals surface area (Å²) in [6, 6.07) is 6.30. The quantitative estimate of drug-likeness (QED) is 0.673. The molecule has 3 heterocycles. The minimum atomic E-state index is 0.668. The van der Waals surface area contributed by atoms with E-state index >= 15 is 0 Å². The molecule has 1 atom stereocenters. The van der Waals surface area contributed by atoms with Gasteiger partial charge in [-0.1, -0.05) is 6.07 Å². The van der Waals surface area contributed by atoms with Crippen molar-refractivity contribution in [3.8, 4) is 0 Å². The second-order valence-electron chi connectivity index (χ2n) is 6.27. The van der Waals surface area contributed by atoms with Gasteiger partial charge in [-0.2, -0.15) is 16.7 Å². The van der Waals surface area contributed by atoms with Crippen LogP contribution in [-0.4, -0.2) is 32.5 Å². The summed E-state index contributed by atoms with van der Waals surface area (Å²) in [5.74, 6) is 2.83. The third-order valence-electron chi connectivity index (χ3n) is 4.28. The monoisotopic (exact) mass is 371 g/mol. The van der Waals surface area contributed by atoms with E-state index in [1.165, 1.54) is 24.2 Å². The lowest BCUT2D eigenvalue weighted by Gasteiger charge is -2.13. The second kappa shape index (κ2) is 7.58. The summed E-state index contributed by atoms with van der Waals surface area (Å²) >= 11 is 3.65. The highest BCUT2D eigenvalue weighted by Gasteiger charge is 2.16. The van der Waals surface area contributed by atoms with Gasteiger partial charge in [0.25, 0.3) is 0 Å². The van der Waals surface area contributed by atoms with Crippen molar-refractivity contribution >= 4 is 45.8 Å². The van der Waals surface area contributed by atoms with Crippen molar-refractivity contribution in [1.29, 1.82) is 0 Å². The molecule has 0 amide bonds. The summed E-state index contributed by atoms with van der Waals surface area (Å²) in [4.78, 5) is 13.8. The molecule has 1 aliphatic heterocycles. The maximum Gasteiger partial charge on any atom is 0.225 e. The molecule has 1 saturated heterocycles. The number of nitrogens with one attached hydrogen (secondary N) is 2. The molecule has 2 aromatic heterocycles. The van der Waals surface area contributed by atoms with Gasteiger partial charge in [0, 0.05) is 22.6 Å². The highest BCUT2D eigenvalue weighted by atomic mass is 32.2. The molecule has 1 unspecified atom stereocenters. The standard InChI is InChI=1S/C18H21N5S2/c1-12-4-5-15-16(7-12)22-18(20-9-14-3-2-6-25-14)23-17(15)19-8-13-10-24-11-21-13/h4-5,7,10-11,14H,2-3,6,8-9H2,1H3,(H2,19,20,22,23). The predicted molar refractivity (Wildman–Crippen MR) is 108 cm³/mol. The van der Waals surface area contributed by atoms with E-state index in [9.17, 15) is 0 Å². The number of fused-ring (bicyclic) bond motifs is 1. The van der Waals surface area contributed by atoms with Gasteiger partial charge in [-0.15, -0.1) is 11.3 Å². The number of aryl methyl sites for hydroxylation is 1. The van der Waals surface area contributed by atoms with Gasteiger partial charge >= 0.3 is 0 Å². The van der Waals surface area contributed by atoms with E-state index in [-0.39, 0.29) is 0 Å². The van der Waals surface area contributed by atoms with Crippen molar-refractivity contribution in [2.75, 3.05) is 22.9 Å². The normalized spacial score (nSPS) is 17.1. The number of benzene rings is 1. The zero-order valence-electron chi connectivity index (χ0n) is 14.2. The van der Waals surface area contributed by atoms with E-state index < -0.39 is 0 Å². The molecule has 0 aliphatic carbocycles. The number of rotatable bonds is 6. The van der Waals surface area contributed by atoms with Crippen LogP contribution >= 0.6 is 23.1 Å². The topological polar surface area (TPSA) is 62.7 Å². The molecule has 7 heteroatoms. The first-order valence-electron chi connectivity index (χ1n) is 8.53. The van der Waals surface area contributed by atoms with Crippen LogP contribution in [0.25, 0.3) is 10.9 Å². The Balaban J connectivity index is 1.58. The fraction of sp³-hybridized carbons (Fsp3) is 0.389. The lowest BCUT2D eigenvalue weighted by molar-refractivity contribution is 0.801. The SMILES string of the molecule is Cc1ccc2c(NCc3cscn3)nc(NCC3CCCS3)nc2c1. The fourth-order valence-electron chi connectivity index (χ4n) is 2.96. The summed E-state index contributed by atoms with van der Waals surface area (Å²) in [7, 11) is 0. The molecular formula is C18H21N5S2. The van der Waals surface area contributed by atoms with E-state index in [1.807, 2.05) is 17.3 Å². The maximum absolute atomic E-state index is 4.72. The molecule has 25 heavy (non-hydrogen) atoms. The molecule has 2 N–H and O–H groups in total. The van der Waals surface area contributed by atoms with Gasteiger partial charge in [0.2, 0.25) is 5.95 Å². The number of thiazole rings is 1. The molecule has 4 rings (SSSR count). The average Bonchev–Trinajstić information content (AvgIpc) is 3.31. The zero-order chi connectivity index (χ0) is 17.1. The first kappa shape index (κ1) is 16.6. The molecule has 130 valence electrons. The minimum absolute atomic E-state index is 0.668. The van der Waals surface area contributed by atoms with E-state index in [2.05, 4.69) is 46.1 Å². The van der Waals surface area contributed by atoms with Gasteiger partial charge in [-0.05, 0) is 43.2 Å².